The first-order chi connectivity index (χ1) is 8.11. The summed E-state index contributed by atoms with van der Waals surface area (Å²) in [6.45, 7) is 7.65. The van der Waals surface area contributed by atoms with Crippen LogP contribution in [0.5, 0.6) is 0 Å². The van der Waals surface area contributed by atoms with Crippen molar-refractivity contribution in [3.8, 4) is 0 Å². The third-order valence-corrected chi connectivity index (χ3v) is 2.98. The molecule has 0 spiro atoms. The minimum absolute atomic E-state index is 0.122. The Kier molecular flexibility index (Phi) is 5.92. The Bertz CT molecular complexity index is 234. The van der Waals surface area contributed by atoms with E-state index in [4.69, 9.17) is 14.2 Å². The summed E-state index contributed by atoms with van der Waals surface area (Å²) in [6.07, 6.45) is 3.29. The highest BCUT2D eigenvalue weighted by molar-refractivity contribution is 5.72. The highest BCUT2D eigenvalue weighted by Crippen LogP contribution is 2.29. The van der Waals surface area contributed by atoms with Gasteiger partial charge in [0.05, 0.1) is 25.7 Å². The Hall–Kier alpha value is -0.610. The zero-order chi connectivity index (χ0) is 12.7. The summed E-state index contributed by atoms with van der Waals surface area (Å²) in [5.74, 6) is -0.874. The monoisotopic (exact) mass is 244 g/mol. The van der Waals surface area contributed by atoms with E-state index in [0.29, 0.717) is 26.2 Å². The average Bonchev–Trinajstić information content (AvgIpc) is 2.29. The highest BCUT2D eigenvalue weighted by atomic mass is 16.7. The molecule has 0 amide bonds. The lowest BCUT2D eigenvalue weighted by atomic mass is 9.95. The van der Waals surface area contributed by atoms with Gasteiger partial charge in [0.1, 0.15) is 0 Å². The minimum atomic E-state index is -0.620. The molecule has 0 aromatic heterocycles. The fraction of sp³-hybridized carbons (Fsp3) is 0.923. The van der Waals surface area contributed by atoms with Crippen LogP contribution in [0.4, 0.5) is 0 Å². The van der Waals surface area contributed by atoms with Crippen LogP contribution in [0.2, 0.25) is 0 Å². The Morgan fingerprint density at radius 2 is 2.00 bits per heavy atom. The van der Waals surface area contributed by atoms with Gasteiger partial charge in [-0.05, 0) is 26.7 Å². The van der Waals surface area contributed by atoms with Gasteiger partial charge in [-0.2, -0.15) is 0 Å². The minimum Gasteiger partial charge on any atom is -0.466 e. The van der Waals surface area contributed by atoms with Crippen LogP contribution in [0.25, 0.3) is 0 Å². The zero-order valence-electron chi connectivity index (χ0n) is 11.2. The second-order valence-corrected chi connectivity index (χ2v) is 4.63. The smallest absolute Gasteiger partial charge is 0.309 e. The molecule has 0 N–H and O–H groups in total. The number of hydrogen-bond acceptors (Lipinski definition) is 4. The molecule has 0 radical (unpaired) electrons. The molecular formula is C13H24O4. The lowest BCUT2D eigenvalue weighted by molar-refractivity contribution is -0.264. The van der Waals surface area contributed by atoms with Crippen molar-refractivity contribution < 1.29 is 19.0 Å². The molecule has 1 rings (SSSR count). The predicted octanol–water partition coefficient (Wildman–Crippen LogP) is 2.51. The summed E-state index contributed by atoms with van der Waals surface area (Å²) in [6, 6.07) is 0. The van der Waals surface area contributed by atoms with Crippen molar-refractivity contribution in [1.29, 1.82) is 0 Å². The van der Waals surface area contributed by atoms with Crippen LogP contribution in [-0.2, 0) is 19.0 Å². The van der Waals surface area contributed by atoms with E-state index < -0.39 is 5.79 Å². The number of hydrogen-bond donors (Lipinski definition) is 0. The quantitative estimate of drug-likeness (QED) is 0.673. The molecule has 100 valence electrons. The lowest BCUT2D eigenvalue weighted by Crippen LogP contribution is -2.41. The first-order valence-corrected chi connectivity index (χ1v) is 6.56. The molecule has 1 aliphatic rings. The van der Waals surface area contributed by atoms with Gasteiger partial charge in [0, 0.05) is 6.42 Å². The zero-order valence-corrected chi connectivity index (χ0v) is 11.2. The molecule has 1 heterocycles. The van der Waals surface area contributed by atoms with Crippen LogP contribution in [0.1, 0.15) is 46.5 Å². The van der Waals surface area contributed by atoms with Crippen molar-refractivity contribution in [2.24, 2.45) is 5.92 Å². The second kappa shape index (κ2) is 6.97. The molecule has 4 heteroatoms. The Balaban J connectivity index is 2.55. The highest BCUT2D eigenvalue weighted by Gasteiger charge is 2.35. The van der Waals surface area contributed by atoms with E-state index in [1.165, 1.54) is 0 Å². The number of carbonyl (C=O) groups is 1. The van der Waals surface area contributed by atoms with Gasteiger partial charge in [0.15, 0.2) is 5.79 Å². The van der Waals surface area contributed by atoms with Gasteiger partial charge in [0.25, 0.3) is 0 Å². The molecule has 1 atom stereocenters. The van der Waals surface area contributed by atoms with Crippen molar-refractivity contribution in [3.63, 3.8) is 0 Å². The molecule has 17 heavy (non-hydrogen) atoms. The van der Waals surface area contributed by atoms with E-state index in [1.807, 2.05) is 13.8 Å². The topological polar surface area (TPSA) is 44.8 Å². The summed E-state index contributed by atoms with van der Waals surface area (Å²) < 4.78 is 16.4. The maximum absolute atomic E-state index is 11.8. The third-order valence-electron chi connectivity index (χ3n) is 2.98. The van der Waals surface area contributed by atoms with Crippen molar-refractivity contribution >= 4 is 5.97 Å². The van der Waals surface area contributed by atoms with Crippen molar-refractivity contribution in [3.05, 3.63) is 0 Å². The fourth-order valence-corrected chi connectivity index (χ4v) is 2.15. The maximum atomic E-state index is 11.8. The van der Waals surface area contributed by atoms with Crippen LogP contribution in [0.3, 0.4) is 0 Å². The van der Waals surface area contributed by atoms with Crippen LogP contribution in [-0.4, -0.2) is 31.6 Å². The van der Waals surface area contributed by atoms with Gasteiger partial charge < -0.3 is 14.2 Å². The molecule has 0 aliphatic carbocycles. The van der Waals surface area contributed by atoms with E-state index >= 15 is 0 Å². The molecule has 0 bridgehead atoms. The van der Waals surface area contributed by atoms with Crippen molar-refractivity contribution in [2.75, 3.05) is 19.8 Å². The van der Waals surface area contributed by atoms with E-state index in [2.05, 4.69) is 6.92 Å². The van der Waals surface area contributed by atoms with Gasteiger partial charge in [0.2, 0.25) is 0 Å². The van der Waals surface area contributed by atoms with E-state index in [9.17, 15) is 4.79 Å². The Morgan fingerprint density at radius 1 is 1.35 bits per heavy atom. The molecule has 4 nitrogen and oxygen atoms in total. The molecular weight excluding hydrogens is 220 g/mol. The lowest BCUT2D eigenvalue weighted by Gasteiger charge is -2.36. The van der Waals surface area contributed by atoms with Gasteiger partial charge in [-0.3, -0.25) is 4.79 Å². The third kappa shape index (κ3) is 4.64. The number of esters is 1. The standard InChI is InChI=1S/C13H24O4/c1-4-7-11(12(14)15-5-2)10-13(3)16-8-6-9-17-13/h11H,4-10H2,1-3H3. The molecule has 0 aromatic rings. The molecule has 1 unspecified atom stereocenters. The first kappa shape index (κ1) is 14.5. The van der Waals surface area contributed by atoms with Crippen molar-refractivity contribution in [1.82, 2.24) is 0 Å². The predicted molar refractivity (Wildman–Crippen MR) is 64.6 cm³/mol. The van der Waals surface area contributed by atoms with Crippen LogP contribution < -0.4 is 0 Å². The Morgan fingerprint density at radius 3 is 2.53 bits per heavy atom. The fourth-order valence-electron chi connectivity index (χ4n) is 2.15. The summed E-state index contributed by atoms with van der Waals surface area (Å²) in [5.41, 5.74) is 0. The average molecular weight is 244 g/mol. The first-order valence-electron chi connectivity index (χ1n) is 6.56. The molecule has 1 saturated heterocycles. The molecule has 0 aromatic carbocycles. The summed E-state index contributed by atoms with van der Waals surface area (Å²) >= 11 is 0. The van der Waals surface area contributed by atoms with Crippen LogP contribution >= 0.6 is 0 Å². The molecule has 1 fully saturated rings. The molecule has 1 aliphatic heterocycles. The maximum Gasteiger partial charge on any atom is 0.309 e. The Labute approximate surface area is 104 Å². The molecule has 0 saturated carbocycles. The summed E-state index contributed by atoms with van der Waals surface area (Å²) in [5, 5.41) is 0. The van der Waals surface area contributed by atoms with E-state index in [0.717, 1.165) is 19.3 Å². The van der Waals surface area contributed by atoms with Crippen molar-refractivity contribution in [2.45, 2.75) is 52.2 Å². The largest absolute Gasteiger partial charge is 0.466 e. The van der Waals surface area contributed by atoms with Crippen LogP contribution in [0.15, 0.2) is 0 Å². The van der Waals surface area contributed by atoms with Gasteiger partial charge in [-0.15, -0.1) is 0 Å². The second-order valence-electron chi connectivity index (χ2n) is 4.63. The SMILES string of the molecule is CCCC(CC1(C)OCCCO1)C(=O)OCC. The van der Waals surface area contributed by atoms with Gasteiger partial charge >= 0.3 is 5.97 Å². The van der Waals surface area contributed by atoms with Gasteiger partial charge in [-0.1, -0.05) is 13.3 Å². The van der Waals surface area contributed by atoms with E-state index in [-0.39, 0.29) is 11.9 Å². The summed E-state index contributed by atoms with van der Waals surface area (Å²) in [7, 11) is 0. The number of ether oxygens (including phenoxy) is 3. The number of rotatable bonds is 6. The normalized spacial score (nSPS) is 20.9. The van der Waals surface area contributed by atoms with E-state index in [1.54, 1.807) is 0 Å². The number of carbonyl (C=O) groups excluding carboxylic acids is 1. The summed E-state index contributed by atoms with van der Waals surface area (Å²) in [4.78, 5) is 11.8. The van der Waals surface area contributed by atoms with Crippen LogP contribution in [0, 0.1) is 5.92 Å². The van der Waals surface area contributed by atoms with Gasteiger partial charge in [-0.25, -0.2) is 0 Å².